The predicted molar refractivity (Wildman–Crippen MR) is 122 cm³/mol. The monoisotopic (exact) mass is 406 g/mol. The van der Waals surface area contributed by atoms with Crippen molar-refractivity contribution >= 4 is 23.7 Å². The van der Waals surface area contributed by atoms with E-state index >= 15 is 0 Å². The number of rotatable bonds is 8. The van der Waals surface area contributed by atoms with Gasteiger partial charge in [0.25, 0.3) is 5.91 Å². The van der Waals surface area contributed by atoms with Gasteiger partial charge in [0.15, 0.2) is 0 Å². The Bertz CT molecular complexity index is 947. The van der Waals surface area contributed by atoms with Crippen LogP contribution in [0, 0.1) is 13.8 Å². The van der Waals surface area contributed by atoms with Gasteiger partial charge < -0.3 is 4.90 Å². The first-order chi connectivity index (χ1) is 14.5. The Morgan fingerprint density at radius 3 is 2.50 bits per heavy atom. The number of aryl methyl sites for hydroxylation is 2. The summed E-state index contributed by atoms with van der Waals surface area (Å²) in [4.78, 5) is 34.1. The Morgan fingerprint density at radius 1 is 1.07 bits per heavy atom. The average Bonchev–Trinajstić information content (AvgIpc) is 2.74. The smallest absolute Gasteiger partial charge is 0.265 e. The summed E-state index contributed by atoms with van der Waals surface area (Å²) >= 11 is 0. The van der Waals surface area contributed by atoms with Gasteiger partial charge in [0, 0.05) is 24.7 Å². The molecule has 0 fully saturated rings. The largest absolute Gasteiger partial charge is 0.335 e. The first-order valence-electron chi connectivity index (χ1n) is 10.9. The van der Waals surface area contributed by atoms with Crippen LogP contribution in [-0.2, 0) is 4.79 Å². The first kappa shape index (κ1) is 21.9. The van der Waals surface area contributed by atoms with Gasteiger partial charge >= 0.3 is 0 Å². The summed E-state index contributed by atoms with van der Waals surface area (Å²) in [7, 11) is 0. The topological polar surface area (TPSA) is 54.2 Å². The number of imide groups is 1. The number of anilines is 1. The van der Waals surface area contributed by atoms with Crippen LogP contribution < -0.4 is 9.80 Å². The van der Waals surface area contributed by atoms with Gasteiger partial charge in [0.2, 0.25) is 5.91 Å². The minimum Gasteiger partial charge on any atom is -0.335 e. The summed E-state index contributed by atoms with van der Waals surface area (Å²) in [6.07, 6.45) is 2.72. The zero-order valence-electron chi connectivity index (χ0n) is 18.4. The Balaban J connectivity index is 1.87. The lowest BCUT2D eigenvalue weighted by Crippen LogP contribution is -3.11. The molecule has 1 N–H and O–H groups in total. The van der Waals surface area contributed by atoms with Gasteiger partial charge in [0.1, 0.15) is 0 Å². The van der Waals surface area contributed by atoms with E-state index in [1.165, 1.54) is 4.90 Å². The molecule has 158 valence electrons. The zero-order valence-corrected chi connectivity index (χ0v) is 18.4. The fraction of sp³-hybridized carbons (Fsp3) is 0.400. The maximum Gasteiger partial charge on any atom is 0.265 e. The molecule has 5 heteroatoms. The van der Waals surface area contributed by atoms with E-state index in [1.54, 1.807) is 17.2 Å². The maximum absolute atomic E-state index is 13.4. The molecule has 30 heavy (non-hydrogen) atoms. The molecule has 1 atom stereocenters. The lowest BCUT2D eigenvalue weighted by atomic mass is 9.88. The Kier molecular flexibility index (Phi) is 7.16. The zero-order chi connectivity index (χ0) is 21.7. The average molecular weight is 407 g/mol. The third-order valence-electron chi connectivity index (χ3n) is 5.88. The number of nitrogens with zero attached hydrogens (tertiary/aromatic N) is 2. The molecule has 0 saturated heterocycles. The number of benzene rings is 2. The minimum atomic E-state index is -0.541. The number of hydrogen-bond acceptors (Lipinski definition) is 3. The van der Waals surface area contributed by atoms with E-state index in [0.29, 0.717) is 17.8 Å². The molecular formula is C25H32N3O2+. The summed E-state index contributed by atoms with van der Waals surface area (Å²) in [5.41, 5.74) is 3.97. The minimum absolute atomic E-state index is 0.233. The first-order valence-corrected chi connectivity index (χ1v) is 10.9. The number of fused-ring (bicyclic) bond motifs is 1. The SMILES string of the molecule is CC[NH+](CC)CCCN=CC1C(=O)N(c2ccc(C)cc2C)C(=O)c2ccccc21. The van der Waals surface area contributed by atoms with Crippen molar-refractivity contribution in [1.29, 1.82) is 0 Å². The molecule has 0 aliphatic carbocycles. The number of nitrogens with one attached hydrogen (secondary N) is 1. The fourth-order valence-corrected chi connectivity index (χ4v) is 4.09. The molecule has 1 unspecified atom stereocenters. The molecule has 0 saturated carbocycles. The van der Waals surface area contributed by atoms with Crippen molar-refractivity contribution in [2.45, 2.75) is 40.0 Å². The molecule has 0 spiro atoms. The van der Waals surface area contributed by atoms with Crippen LogP contribution in [-0.4, -0.2) is 44.2 Å². The third-order valence-corrected chi connectivity index (χ3v) is 5.88. The normalized spacial score (nSPS) is 16.6. The summed E-state index contributed by atoms with van der Waals surface area (Å²) in [6.45, 7) is 12.3. The highest BCUT2D eigenvalue weighted by Crippen LogP contribution is 2.33. The third kappa shape index (κ3) is 4.51. The lowest BCUT2D eigenvalue weighted by molar-refractivity contribution is -0.896. The molecule has 0 radical (unpaired) electrons. The quantitative estimate of drug-likeness (QED) is 0.416. The predicted octanol–water partition coefficient (Wildman–Crippen LogP) is 2.96. The van der Waals surface area contributed by atoms with Crippen LogP contribution in [0.2, 0.25) is 0 Å². The molecular weight excluding hydrogens is 374 g/mol. The van der Waals surface area contributed by atoms with Gasteiger partial charge in [-0.25, -0.2) is 4.90 Å². The molecule has 0 bridgehead atoms. The molecule has 2 amide bonds. The molecule has 2 aromatic rings. The number of amides is 2. The van der Waals surface area contributed by atoms with Crippen molar-refractivity contribution in [1.82, 2.24) is 0 Å². The van der Waals surface area contributed by atoms with E-state index in [2.05, 4.69) is 18.8 Å². The van der Waals surface area contributed by atoms with E-state index in [-0.39, 0.29) is 11.8 Å². The van der Waals surface area contributed by atoms with Gasteiger partial charge in [-0.15, -0.1) is 0 Å². The molecule has 0 aromatic heterocycles. The molecule has 3 rings (SSSR count). The summed E-state index contributed by atoms with van der Waals surface area (Å²) in [5, 5.41) is 0. The second kappa shape index (κ2) is 9.81. The molecule has 1 heterocycles. The van der Waals surface area contributed by atoms with Crippen molar-refractivity contribution in [3.8, 4) is 0 Å². The number of carbonyl (C=O) groups excluding carboxylic acids is 2. The van der Waals surface area contributed by atoms with Crippen molar-refractivity contribution in [2.75, 3.05) is 31.1 Å². The van der Waals surface area contributed by atoms with Crippen LogP contribution in [0.4, 0.5) is 5.69 Å². The van der Waals surface area contributed by atoms with Crippen molar-refractivity contribution < 1.29 is 14.5 Å². The highest BCUT2D eigenvalue weighted by molar-refractivity contribution is 6.29. The number of quaternary nitrogens is 1. The van der Waals surface area contributed by atoms with Crippen LogP contribution in [0.25, 0.3) is 0 Å². The van der Waals surface area contributed by atoms with E-state index in [1.807, 2.05) is 50.2 Å². The van der Waals surface area contributed by atoms with E-state index in [9.17, 15) is 9.59 Å². The van der Waals surface area contributed by atoms with Gasteiger partial charge in [-0.05, 0) is 51.0 Å². The van der Waals surface area contributed by atoms with Gasteiger partial charge in [0.05, 0.1) is 31.2 Å². The van der Waals surface area contributed by atoms with Crippen LogP contribution in [0.1, 0.15) is 53.2 Å². The number of carbonyl (C=O) groups is 2. The molecule has 1 aliphatic rings. The lowest BCUT2D eigenvalue weighted by Gasteiger charge is -2.32. The van der Waals surface area contributed by atoms with Crippen molar-refractivity contribution in [3.05, 3.63) is 64.7 Å². The Morgan fingerprint density at radius 2 is 1.80 bits per heavy atom. The van der Waals surface area contributed by atoms with Crippen molar-refractivity contribution in [2.24, 2.45) is 4.99 Å². The van der Waals surface area contributed by atoms with Gasteiger partial charge in [-0.2, -0.15) is 0 Å². The highest BCUT2D eigenvalue weighted by atomic mass is 16.2. The van der Waals surface area contributed by atoms with Crippen LogP contribution >= 0.6 is 0 Å². The van der Waals surface area contributed by atoms with Crippen molar-refractivity contribution in [3.63, 3.8) is 0 Å². The highest BCUT2D eigenvalue weighted by Gasteiger charge is 2.39. The van der Waals surface area contributed by atoms with Gasteiger partial charge in [-0.3, -0.25) is 14.6 Å². The van der Waals surface area contributed by atoms with Crippen LogP contribution in [0.15, 0.2) is 47.5 Å². The summed E-state index contributed by atoms with van der Waals surface area (Å²) in [5.74, 6) is -1.04. The molecule has 5 nitrogen and oxygen atoms in total. The van der Waals surface area contributed by atoms with Crippen LogP contribution in [0.5, 0.6) is 0 Å². The number of hydrogen-bond donors (Lipinski definition) is 1. The summed E-state index contributed by atoms with van der Waals surface area (Å²) < 4.78 is 0. The van der Waals surface area contributed by atoms with Crippen LogP contribution in [0.3, 0.4) is 0 Å². The Labute approximate surface area is 179 Å². The van der Waals surface area contributed by atoms with E-state index in [0.717, 1.165) is 42.7 Å². The fourth-order valence-electron chi connectivity index (χ4n) is 4.09. The Hall–Kier alpha value is -2.79. The standard InChI is InChI=1S/C25H31N3O2/c1-5-27(6-2)15-9-14-26-17-22-20-10-7-8-11-21(20)24(29)28(25(22)30)23-13-12-18(3)16-19(23)4/h7-8,10-13,16-17,22H,5-6,9,14-15H2,1-4H3/p+1. The molecule has 2 aromatic carbocycles. The second-order valence-corrected chi connectivity index (χ2v) is 7.95. The summed E-state index contributed by atoms with van der Waals surface area (Å²) in [6, 6.07) is 13.2. The van der Waals surface area contributed by atoms with E-state index in [4.69, 9.17) is 0 Å². The molecule has 1 aliphatic heterocycles. The van der Waals surface area contributed by atoms with E-state index < -0.39 is 5.92 Å². The number of aliphatic imine (C=N–C) groups is 1. The second-order valence-electron chi connectivity index (χ2n) is 7.95. The van der Waals surface area contributed by atoms with Gasteiger partial charge in [-0.1, -0.05) is 35.9 Å². The maximum atomic E-state index is 13.4.